The van der Waals surface area contributed by atoms with E-state index in [4.69, 9.17) is 4.74 Å². The largest absolute Gasteiger partial charge is 0.494 e. The van der Waals surface area contributed by atoms with Gasteiger partial charge in [-0.2, -0.15) is 0 Å². The standard InChI is InChI=1S/C18H21FN2O2/c1-21(12-15-8-9-17(23-2)16(19)10-15)13-18(22)20-11-14-6-4-3-5-7-14/h3-10H,11-13H2,1-2H3,(H,20,22). The summed E-state index contributed by atoms with van der Waals surface area (Å²) in [5.74, 6) is -0.241. The molecule has 0 radical (unpaired) electrons. The third-order valence-electron chi connectivity index (χ3n) is 3.41. The van der Waals surface area contributed by atoms with E-state index < -0.39 is 5.82 Å². The van der Waals surface area contributed by atoms with Crippen molar-refractivity contribution in [1.29, 1.82) is 0 Å². The predicted octanol–water partition coefficient (Wildman–Crippen LogP) is 2.58. The van der Waals surface area contributed by atoms with Crippen LogP contribution in [0.5, 0.6) is 5.75 Å². The van der Waals surface area contributed by atoms with Crippen LogP contribution >= 0.6 is 0 Å². The van der Waals surface area contributed by atoms with Crippen molar-refractivity contribution in [3.63, 3.8) is 0 Å². The van der Waals surface area contributed by atoms with E-state index in [1.54, 1.807) is 12.1 Å². The number of hydrogen-bond acceptors (Lipinski definition) is 3. The van der Waals surface area contributed by atoms with E-state index in [0.29, 0.717) is 13.1 Å². The Labute approximate surface area is 135 Å². The molecule has 0 aromatic heterocycles. The minimum Gasteiger partial charge on any atom is -0.494 e. The maximum atomic E-state index is 13.6. The Morgan fingerprint density at radius 1 is 1.17 bits per heavy atom. The number of benzene rings is 2. The topological polar surface area (TPSA) is 41.6 Å². The van der Waals surface area contributed by atoms with Crippen LogP contribution in [0.1, 0.15) is 11.1 Å². The fourth-order valence-electron chi connectivity index (χ4n) is 2.27. The van der Waals surface area contributed by atoms with E-state index in [9.17, 15) is 9.18 Å². The molecule has 0 saturated carbocycles. The zero-order valence-corrected chi connectivity index (χ0v) is 13.4. The van der Waals surface area contributed by atoms with Gasteiger partial charge in [-0.1, -0.05) is 36.4 Å². The first kappa shape index (κ1) is 17.0. The highest BCUT2D eigenvalue weighted by atomic mass is 19.1. The van der Waals surface area contributed by atoms with Crippen LogP contribution in [-0.4, -0.2) is 31.5 Å². The highest BCUT2D eigenvalue weighted by molar-refractivity contribution is 5.77. The molecule has 0 fully saturated rings. The Balaban J connectivity index is 1.80. The number of carbonyl (C=O) groups is 1. The lowest BCUT2D eigenvalue weighted by molar-refractivity contribution is -0.122. The van der Waals surface area contributed by atoms with Crippen LogP contribution in [0.4, 0.5) is 4.39 Å². The molecular weight excluding hydrogens is 295 g/mol. The number of methoxy groups -OCH3 is 1. The predicted molar refractivity (Wildman–Crippen MR) is 87.6 cm³/mol. The smallest absolute Gasteiger partial charge is 0.234 e. The van der Waals surface area contributed by atoms with Gasteiger partial charge in [-0.15, -0.1) is 0 Å². The molecule has 0 aliphatic heterocycles. The van der Waals surface area contributed by atoms with Crippen molar-refractivity contribution in [2.45, 2.75) is 13.1 Å². The number of likely N-dealkylation sites (N-methyl/N-ethyl adjacent to an activating group) is 1. The maximum absolute atomic E-state index is 13.6. The van der Waals surface area contributed by atoms with E-state index >= 15 is 0 Å². The van der Waals surface area contributed by atoms with Crippen molar-refractivity contribution in [2.24, 2.45) is 0 Å². The fraction of sp³-hybridized carbons (Fsp3) is 0.278. The molecule has 4 nitrogen and oxygen atoms in total. The van der Waals surface area contributed by atoms with Gasteiger partial charge in [0.25, 0.3) is 0 Å². The van der Waals surface area contributed by atoms with Crippen molar-refractivity contribution in [1.82, 2.24) is 10.2 Å². The van der Waals surface area contributed by atoms with Crippen LogP contribution in [0.3, 0.4) is 0 Å². The lowest BCUT2D eigenvalue weighted by Gasteiger charge is -2.17. The average Bonchev–Trinajstić information content (AvgIpc) is 2.54. The van der Waals surface area contributed by atoms with Gasteiger partial charge in [-0.3, -0.25) is 9.69 Å². The first-order chi connectivity index (χ1) is 11.1. The molecule has 23 heavy (non-hydrogen) atoms. The quantitative estimate of drug-likeness (QED) is 0.854. The summed E-state index contributed by atoms with van der Waals surface area (Å²) in [4.78, 5) is 13.8. The van der Waals surface area contributed by atoms with E-state index in [1.807, 2.05) is 42.3 Å². The van der Waals surface area contributed by atoms with Crippen molar-refractivity contribution >= 4 is 5.91 Å². The van der Waals surface area contributed by atoms with Gasteiger partial charge in [0, 0.05) is 13.1 Å². The third-order valence-corrected chi connectivity index (χ3v) is 3.41. The number of hydrogen-bond donors (Lipinski definition) is 1. The second-order valence-electron chi connectivity index (χ2n) is 5.40. The average molecular weight is 316 g/mol. The zero-order valence-electron chi connectivity index (χ0n) is 13.4. The minimum atomic E-state index is -0.396. The molecule has 2 aromatic rings. The van der Waals surface area contributed by atoms with Gasteiger partial charge in [0.1, 0.15) is 0 Å². The van der Waals surface area contributed by atoms with Gasteiger partial charge in [0.15, 0.2) is 11.6 Å². The molecule has 0 spiro atoms. The summed E-state index contributed by atoms with van der Waals surface area (Å²) in [6, 6.07) is 14.5. The molecule has 2 aromatic carbocycles. The van der Waals surface area contributed by atoms with Gasteiger partial charge in [-0.25, -0.2) is 4.39 Å². The number of carbonyl (C=O) groups excluding carboxylic acids is 1. The van der Waals surface area contributed by atoms with Crippen LogP contribution in [0.15, 0.2) is 48.5 Å². The summed E-state index contributed by atoms with van der Waals surface area (Å²) in [6.07, 6.45) is 0. The van der Waals surface area contributed by atoms with E-state index in [1.165, 1.54) is 13.2 Å². The molecule has 0 heterocycles. The molecule has 1 amide bonds. The Morgan fingerprint density at radius 2 is 1.91 bits per heavy atom. The summed E-state index contributed by atoms with van der Waals surface area (Å²) < 4.78 is 18.5. The molecule has 0 unspecified atom stereocenters. The fourth-order valence-corrected chi connectivity index (χ4v) is 2.27. The van der Waals surface area contributed by atoms with Gasteiger partial charge in [0.05, 0.1) is 13.7 Å². The minimum absolute atomic E-state index is 0.0645. The molecular formula is C18H21FN2O2. The Morgan fingerprint density at radius 3 is 2.57 bits per heavy atom. The van der Waals surface area contributed by atoms with Gasteiger partial charge in [-0.05, 0) is 30.3 Å². The molecule has 1 N–H and O–H groups in total. The molecule has 0 aliphatic carbocycles. The van der Waals surface area contributed by atoms with Crippen LogP contribution in [-0.2, 0) is 17.9 Å². The van der Waals surface area contributed by atoms with Crippen molar-refractivity contribution in [2.75, 3.05) is 20.7 Å². The van der Waals surface area contributed by atoms with Gasteiger partial charge >= 0.3 is 0 Å². The normalized spacial score (nSPS) is 10.6. The Bertz CT molecular complexity index is 647. The van der Waals surface area contributed by atoms with Crippen LogP contribution < -0.4 is 10.1 Å². The second-order valence-corrected chi connectivity index (χ2v) is 5.40. The molecule has 0 aliphatic rings. The van der Waals surface area contributed by atoms with E-state index in [2.05, 4.69) is 5.32 Å². The summed E-state index contributed by atoms with van der Waals surface area (Å²) in [5.41, 5.74) is 1.85. The number of ether oxygens (including phenoxy) is 1. The Kier molecular flexibility index (Phi) is 6.11. The summed E-state index contributed by atoms with van der Waals surface area (Å²) in [6.45, 7) is 1.24. The lowest BCUT2D eigenvalue weighted by Crippen LogP contribution is -2.34. The van der Waals surface area contributed by atoms with Gasteiger partial charge < -0.3 is 10.1 Å². The summed E-state index contributed by atoms with van der Waals surface area (Å²) in [5, 5.41) is 2.87. The number of nitrogens with zero attached hydrogens (tertiary/aromatic N) is 1. The highest BCUT2D eigenvalue weighted by Crippen LogP contribution is 2.18. The van der Waals surface area contributed by atoms with E-state index in [-0.39, 0.29) is 18.2 Å². The lowest BCUT2D eigenvalue weighted by atomic mass is 10.2. The van der Waals surface area contributed by atoms with Crippen molar-refractivity contribution in [3.05, 3.63) is 65.5 Å². The SMILES string of the molecule is COc1ccc(CN(C)CC(=O)NCc2ccccc2)cc1F. The monoisotopic (exact) mass is 316 g/mol. The highest BCUT2D eigenvalue weighted by Gasteiger charge is 2.09. The molecule has 5 heteroatoms. The number of halogens is 1. The summed E-state index contributed by atoms with van der Waals surface area (Å²) >= 11 is 0. The number of rotatable bonds is 7. The summed E-state index contributed by atoms with van der Waals surface area (Å²) in [7, 11) is 3.26. The molecule has 0 bridgehead atoms. The molecule has 122 valence electrons. The number of nitrogens with one attached hydrogen (secondary N) is 1. The first-order valence-corrected chi connectivity index (χ1v) is 7.40. The van der Waals surface area contributed by atoms with Crippen molar-refractivity contribution < 1.29 is 13.9 Å². The van der Waals surface area contributed by atoms with Crippen molar-refractivity contribution in [3.8, 4) is 5.75 Å². The van der Waals surface area contributed by atoms with Crippen LogP contribution in [0, 0.1) is 5.82 Å². The van der Waals surface area contributed by atoms with Gasteiger partial charge in [0.2, 0.25) is 5.91 Å². The third kappa shape index (κ3) is 5.38. The Hall–Kier alpha value is -2.40. The molecule has 2 rings (SSSR count). The van der Waals surface area contributed by atoms with Crippen LogP contribution in [0.2, 0.25) is 0 Å². The first-order valence-electron chi connectivity index (χ1n) is 7.40. The zero-order chi connectivity index (χ0) is 16.7. The number of amides is 1. The molecule has 0 atom stereocenters. The second kappa shape index (κ2) is 8.29. The molecule has 0 saturated heterocycles. The van der Waals surface area contributed by atoms with E-state index in [0.717, 1.165) is 11.1 Å². The van der Waals surface area contributed by atoms with Crippen LogP contribution in [0.25, 0.3) is 0 Å². The maximum Gasteiger partial charge on any atom is 0.234 e.